The van der Waals surface area contributed by atoms with Gasteiger partial charge >= 0.3 is 0 Å². The number of aromatic nitrogens is 1. The molecule has 0 saturated heterocycles. The van der Waals surface area contributed by atoms with E-state index < -0.39 is 22.6 Å². The zero-order chi connectivity index (χ0) is 19.7. The van der Waals surface area contributed by atoms with E-state index in [0.29, 0.717) is 18.7 Å². The molecule has 0 unspecified atom stereocenters. The Bertz CT molecular complexity index is 1020. The van der Waals surface area contributed by atoms with Crippen LogP contribution in [0.2, 0.25) is 0 Å². The highest BCUT2D eigenvalue weighted by atomic mass is 19.1. The molecule has 0 bridgehead atoms. The first-order valence-electron chi connectivity index (χ1n) is 9.10. The normalized spacial score (nSPS) is 17.1. The van der Waals surface area contributed by atoms with E-state index in [1.165, 1.54) is 18.2 Å². The minimum atomic E-state index is -0.615. The number of nitro benzene ring substituents is 1. The van der Waals surface area contributed by atoms with Crippen LogP contribution in [0.1, 0.15) is 29.3 Å². The SMILES string of the molecule is O=[N+]([O-])c1cccc(CN2CCCn3cccc3[C@H]2c2ccc(F)cc2F)c1. The predicted molar refractivity (Wildman–Crippen MR) is 101 cm³/mol. The van der Waals surface area contributed by atoms with Gasteiger partial charge in [0.05, 0.1) is 11.0 Å². The van der Waals surface area contributed by atoms with Crippen molar-refractivity contribution in [2.45, 2.75) is 25.6 Å². The minimum Gasteiger partial charge on any atom is -0.350 e. The highest BCUT2D eigenvalue weighted by Gasteiger charge is 2.29. The molecule has 0 N–H and O–H groups in total. The van der Waals surface area contributed by atoms with E-state index in [1.54, 1.807) is 12.1 Å². The van der Waals surface area contributed by atoms with Crippen LogP contribution >= 0.6 is 0 Å². The van der Waals surface area contributed by atoms with Crippen LogP contribution in [0, 0.1) is 21.7 Å². The van der Waals surface area contributed by atoms with Crippen LogP contribution in [0.25, 0.3) is 0 Å². The number of fused-ring (bicyclic) bond motifs is 1. The molecule has 1 atom stereocenters. The third-order valence-corrected chi connectivity index (χ3v) is 5.12. The van der Waals surface area contributed by atoms with E-state index in [1.807, 2.05) is 24.4 Å². The van der Waals surface area contributed by atoms with Gasteiger partial charge in [0.15, 0.2) is 0 Å². The number of aryl methyl sites for hydroxylation is 1. The molecule has 1 aromatic heterocycles. The van der Waals surface area contributed by atoms with Crippen molar-refractivity contribution < 1.29 is 13.7 Å². The summed E-state index contributed by atoms with van der Waals surface area (Å²) in [5, 5.41) is 11.1. The lowest BCUT2D eigenvalue weighted by Gasteiger charge is -2.31. The Balaban J connectivity index is 1.76. The second kappa shape index (κ2) is 7.52. The van der Waals surface area contributed by atoms with E-state index in [9.17, 15) is 18.9 Å². The molecular weight excluding hydrogens is 364 g/mol. The summed E-state index contributed by atoms with van der Waals surface area (Å²) in [7, 11) is 0. The number of rotatable bonds is 4. The topological polar surface area (TPSA) is 51.3 Å². The summed E-state index contributed by atoms with van der Waals surface area (Å²) in [4.78, 5) is 12.8. The Morgan fingerprint density at radius 3 is 2.71 bits per heavy atom. The summed E-state index contributed by atoms with van der Waals surface area (Å²) in [6, 6.07) is 13.6. The van der Waals surface area contributed by atoms with Gasteiger partial charge in [-0.2, -0.15) is 0 Å². The fraction of sp³-hybridized carbons (Fsp3) is 0.238. The van der Waals surface area contributed by atoms with Crippen molar-refractivity contribution in [3.63, 3.8) is 0 Å². The molecule has 28 heavy (non-hydrogen) atoms. The van der Waals surface area contributed by atoms with Gasteiger partial charge in [0, 0.05) is 55.3 Å². The number of benzene rings is 2. The molecule has 1 aliphatic rings. The van der Waals surface area contributed by atoms with Gasteiger partial charge in [-0.15, -0.1) is 0 Å². The molecule has 7 heteroatoms. The van der Waals surface area contributed by atoms with Crippen LogP contribution in [0.4, 0.5) is 14.5 Å². The first-order valence-corrected chi connectivity index (χ1v) is 9.10. The Hall–Kier alpha value is -3.06. The van der Waals surface area contributed by atoms with E-state index in [0.717, 1.165) is 30.3 Å². The molecule has 3 aromatic rings. The van der Waals surface area contributed by atoms with Crippen LogP contribution in [0.15, 0.2) is 60.8 Å². The Kier molecular flexibility index (Phi) is 4.92. The first kappa shape index (κ1) is 18.3. The second-order valence-electron chi connectivity index (χ2n) is 6.95. The van der Waals surface area contributed by atoms with Crippen LogP contribution in [0.3, 0.4) is 0 Å². The molecule has 4 rings (SSSR count). The predicted octanol–water partition coefficient (Wildman–Crippen LogP) is 4.67. The molecule has 5 nitrogen and oxygen atoms in total. The maximum atomic E-state index is 14.7. The zero-order valence-electron chi connectivity index (χ0n) is 15.1. The van der Waals surface area contributed by atoms with Gasteiger partial charge < -0.3 is 4.57 Å². The van der Waals surface area contributed by atoms with Gasteiger partial charge in [0.1, 0.15) is 11.6 Å². The number of halogens is 2. The molecule has 2 aromatic carbocycles. The lowest BCUT2D eigenvalue weighted by Crippen LogP contribution is -2.30. The largest absolute Gasteiger partial charge is 0.350 e. The molecule has 0 saturated carbocycles. The summed E-state index contributed by atoms with van der Waals surface area (Å²) in [6.45, 7) is 1.91. The lowest BCUT2D eigenvalue weighted by molar-refractivity contribution is -0.384. The van der Waals surface area contributed by atoms with Crippen molar-refractivity contribution >= 4 is 5.69 Å². The fourth-order valence-corrected chi connectivity index (χ4v) is 3.89. The van der Waals surface area contributed by atoms with Crippen LogP contribution in [0.5, 0.6) is 0 Å². The monoisotopic (exact) mass is 383 g/mol. The summed E-state index contributed by atoms with van der Waals surface area (Å²) < 4.78 is 30.2. The molecule has 0 amide bonds. The standard InChI is InChI=1S/C21H19F2N3O2/c22-16-7-8-18(19(23)13-16)21-20-6-2-9-24(20)10-3-11-25(21)14-15-4-1-5-17(12-15)26(27)28/h1-2,4-9,12-13,21H,3,10-11,14H2/t21-/m1/s1. The Morgan fingerprint density at radius 1 is 1.07 bits per heavy atom. The zero-order valence-corrected chi connectivity index (χ0v) is 15.1. The van der Waals surface area contributed by atoms with Crippen molar-refractivity contribution in [1.82, 2.24) is 9.47 Å². The van der Waals surface area contributed by atoms with Crippen molar-refractivity contribution in [3.05, 3.63) is 99.4 Å². The Labute approximate surface area is 161 Å². The second-order valence-corrected chi connectivity index (χ2v) is 6.95. The van der Waals surface area contributed by atoms with Crippen LogP contribution in [-0.4, -0.2) is 20.9 Å². The maximum Gasteiger partial charge on any atom is 0.269 e. The minimum absolute atomic E-state index is 0.0280. The van der Waals surface area contributed by atoms with Crippen molar-refractivity contribution in [2.24, 2.45) is 0 Å². The van der Waals surface area contributed by atoms with Gasteiger partial charge in [-0.25, -0.2) is 8.78 Å². The van der Waals surface area contributed by atoms with Gasteiger partial charge in [-0.05, 0) is 30.2 Å². The third kappa shape index (κ3) is 3.53. The lowest BCUT2D eigenvalue weighted by atomic mass is 10.00. The van der Waals surface area contributed by atoms with E-state index in [-0.39, 0.29) is 5.69 Å². The van der Waals surface area contributed by atoms with Gasteiger partial charge in [0.25, 0.3) is 5.69 Å². The highest BCUT2D eigenvalue weighted by molar-refractivity contribution is 5.35. The molecule has 0 spiro atoms. The molecule has 2 heterocycles. The van der Waals surface area contributed by atoms with Crippen LogP contribution < -0.4 is 0 Å². The average molecular weight is 383 g/mol. The number of hydrogen-bond donors (Lipinski definition) is 0. The Morgan fingerprint density at radius 2 is 1.93 bits per heavy atom. The highest BCUT2D eigenvalue weighted by Crippen LogP contribution is 2.34. The molecular formula is C21H19F2N3O2. The van der Waals surface area contributed by atoms with E-state index in [2.05, 4.69) is 9.47 Å². The third-order valence-electron chi connectivity index (χ3n) is 5.12. The fourth-order valence-electron chi connectivity index (χ4n) is 3.89. The maximum absolute atomic E-state index is 14.7. The summed E-state index contributed by atoms with van der Waals surface area (Å²) in [5.74, 6) is -1.21. The molecule has 144 valence electrons. The summed E-state index contributed by atoms with van der Waals surface area (Å²) in [5.41, 5.74) is 2.13. The van der Waals surface area contributed by atoms with E-state index in [4.69, 9.17) is 0 Å². The molecule has 0 radical (unpaired) electrons. The number of non-ortho nitro benzene ring substituents is 1. The van der Waals surface area contributed by atoms with Gasteiger partial charge in [-0.3, -0.25) is 15.0 Å². The van der Waals surface area contributed by atoms with Crippen molar-refractivity contribution in [3.8, 4) is 0 Å². The van der Waals surface area contributed by atoms with Crippen molar-refractivity contribution in [1.29, 1.82) is 0 Å². The number of hydrogen-bond acceptors (Lipinski definition) is 3. The van der Waals surface area contributed by atoms with Gasteiger partial charge in [0.2, 0.25) is 0 Å². The number of nitro groups is 1. The summed E-state index contributed by atoms with van der Waals surface area (Å²) >= 11 is 0. The van der Waals surface area contributed by atoms with Crippen LogP contribution in [-0.2, 0) is 13.1 Å². The first-order chi connectivity index (χ1) is 13.5. The van der Waals surface area contributed by atoms with Gasteiger partial charge in [-0.1, -0.05) is 18.2 Å². The molecule has 0 fully saturated rings. The summed E-state index contributed by atoms with van der Waals surface area (Å²) in [6.07, 6.45) is 2.82. The smallest absolute Gasteiger partial charge is 0.269 e. The molecule has 1 aliphatic heterocycles. The number of nitrogens with zero attached hydrogens (tertiary/aromatic N) is 3. The quantitative estimate of drug-likeness (QED) is 0.486. The molecule has 0 aliphatic carbocycles. The van der Waals surface area contributed by atoms with Crippen molar-refractivity contribution in [2.75, 3.05) is 6.54 Å². The average Bonchev–Trinajstić information content (AvgIpc) is 3.05. The van der Waals surface area contributed by atoms with E-state index >= 15 is 0 Å².